The van der Waals surface area contributed by atoms with E-state index in [-0.39, 0.29) is 40.7 Å². The Labute approximate surface area is 191 Å². The van der Waals surface area contributed by atoms with Crippen LogP contribution in [0.1, 0.15) is 49.0 Å². The third kappa shape index (κ3) is 4.60. The van der Waals surface area contributed by atoms with Crippen LogP contribution in [0.3, 0.4) is 0 Å². The number of thioether (sulfide) groups is 1. The lowest BCUT2D eigenvalue weighted by molar-refractivity contribution is -0.116. The summed E-state index contributed by atoms with van der Waals surface area (Å²) >= 11 is 7.62. The molecule has 4 rings (SSSR count). The Morgan fingerprint density at radius 2 is 2.06 bits per heavy atom. The topological polar surface area (TPSA) is 49.4 Å². The molecule has 0 radical (unpaired) electrons. The summed E-state index contributed by atoms with van der Waals surface area (Å²) in [6.07, 6.45) is 3.29. The van der Waals surface area contributed by atoms with Gasteiger partial charge in [0.15, 0.2) is 0 Å². The molecule has 0 aromatic heterocycles. The summed E-state index contributed by atoms with van der Waals surface area (Å²) in [6.45, 7) is 4.45. The van der Waals surface area contributed by atoms with Crippen LogP contribution in [0.2, 0.25) is 5.02 Å². The van der Waals surface area contributed by atoms with E-state index in [9.17, 15) is 14.0 Å². The Bertz CT molecular complexity index is 995. The van der Waals surface area contributed by atoms with Crippen molar-refractivity contribution in [2.75, 3.05) is 10.7 Å². The maximum Gasteiger partial charge on any atom is 0.251 e. The minimum atomic E-state index is -0.450. The summed E-state index contributed by atoms with van der Waals surface area (Å²) in [6, 6.07) is 10.0. The quantitative estimate of drug-likeness (QED) is 0.639. The number of rotatable bonds is 4. The SMILES string of the molecule is C[C@@H]1[C@H](C)CCC[C@H]1NC(=O)c1ccc2c(c1)N(Cc1c(F)cccc1Cl)C(=O)CS2. The molecular weight excluding hydrogens is 435 g/mol. The number of anilines is 1. The second-order valence-corrected chi connectivity index (χ2v) is 9.92. The smallest absolute Gasteiger partial charge is 0.251 e. The van der Waals surface area contributed by atoms with Crippen molar-refractivity contribution in [3.8, 4) is 0 Å². The molecule has 1 heterocycles. The maximum atomic E-state index is 14.4. The summed E-state index contributed by atoms with van der Waals surface area (Å²) < 4.78 is 14.4. The molecule has 7 heteroatoms. The first-order valence-electron chi connectivity index (χ1n) is 10.7. The van der Waals surface area contributed by atoms with Crippen LogP contribution in [0.25, 0.3) is 0 Å². The van der Waals surface area contributed by atoms with Crippen molar-refractivity contribution in [1.82, 2.24) is 5.32 Å². The number of carbonyl (C=O) groups is 2. The van der Waals surface area contributed by atoms with Gasteiger partial charge in [-0.3, -0.25) is 9.59 Å². The van der Waals surface area contributed by atoms with Crippen LogP contribution in [-0.2, 0) is 11.3 Å². The Morgan fingerprint density at radius 3 is 2.84 bits per heavy atom. The van der Waals surface area contributed by atoms with E-state index in [0.717, 1.165) is 17.7 Å². The van der Waals surface area contributed by atoms with Gasteiger partial charge in [0.25, 0.3) is 5.91 Å². The van der Waals surface area contributed by atoms with Gasteiger partial charge in [0.1, 0.15) is 5.82 Å². The number of hydrogen-bond acceptors (Lipinski definition) is 3. The van der Waals surface area contributed by atoms with Crippen molar-refractivity contribution < 1.29 is 14.0 Å². The molecule has 1 aliphatic carbocycles. The highest BCUT2D eigenvalue weighted by atomic mass is 35.5. The van der Waals surface area contributed by atoms with E-state index < -0.39 is 5.82 Å². The first-order valence-corrected chi connectivity index (χ1v) is 12.0. The molecule has 1 aliphatic heterocycles. The van der Waals surface area contributed by atoms with Gasteiger partial charge >= 0.3 is 0 Å². The number of carbonyl (C=O) groups excluding carboxylic acids is 2. The number of fused-ring (bicyclic) bond motifs is 1. The van der Waals surface area contributed by atoms with E-state index in [4.69, 9.17) is 11.6 Å². The summed E-state index contributed by atoms with van der Waals surface area (Å²) in [5, 5.41) is 3.47. The van der Waals surface area contributed by atoms with Crippen molar-refractivity contribution in [3.05, 3.63) is 58.4 Å². The fraction of sp³-hybridized carbons (Fsp3) is 0.417. The van der Waals surface area contributed by atoms with Gasteiger partial charge in [-0.05, 0) is 48.6 Å². The zero-order chi connectivity index (χ0) is 22.1. The predicted octanol–water partition coefficient (Wildman–Crippen LogP) is 5.67. The van der Waals surface area contributed by atoms with Crippen LogP contribution in [0.4, 0.5) is 10.1 Å². The molecule has 2 aromatic rings. The molecule has 2 aliphatic rings. The Hall–Kier alpha value is -2.05. The first kappa shape index (κ1) is 22.2. The molecule has 164 valence electrons. The van der Waals surface area contributed by atoms with Gasteiger partial charge in [-0.2, -0.15) is 0 Å². The molecule has 2 aromatic carbocycles. The van der Waals surface area contributed by atoms with E-state index in [0.29, 0.717) is 23.1 Å². The fourth-order valence-electron chi connectivity index (χ4n) is 4.40. The average molecular weight is 461 g/mol. The maximum absolute atomic E-state index is 14.4. The Morgan fingerprint density at radius 1 is 1.26 bits per heavy atom. The minimum Gasteiger partial charge on any atom is -0.349 e. The number of halogens is 2. The van der Waals surface area contributed by atoms with Crippen LogP contribution in [-0.4, -0.2) is 23.6 Å². The average Bonchev–Trinajstić information content (AvgIpc) is 2.75. The van der Waals surface area contributed by atoms with E-state index in [1.54, 1.807) is 24.3 Å². The molecule has 1 saturated carbocycles. The van der Waals surface area contributed by atoms with E-state index in [2.05, 4.69) is 19.2 Å². The van der Waals surface area contributed by atoms with E-state index in [1.807, 2.05) is 6.07 Å². The highest BCUT2D eigenvalue weighted by Gasteiger charge is 2.30. The lowest BCUT2D eigenvalue weighted by Gasteiger charge is -2.34. The Kier molecular flexibility index (Phi) is 6.58. The van der Waals surface area contributed by atoms with Crippen molar-refractivity contribution in [2.24, 2.45) is 11.8 Å². The third-order valence-corrected chi connectivity index (χ3v) is 7.97. The van der Waals surface area contributed by atoms with E-state index in [1.165, 1.54) is 29.1 Å². The van der Waals surface area contributed by atoms with E-state index >= 15 is 0 Å². The summed E-state index contributed by atoms with van der Waals surface area (Å²) in [5.41, 5.74) is 1.40. The van der Waals surface area contributed by atoms with Gasteiger partial charge < -0.3 is 10.2 Å². The molecule has 2 amide bonds. The zero-order valence-corrected chi connectivity index (χ0v) is 19.2. The molecule has 1 fully saturated rings. The number of nitrogens with one attached hydrogen (secondary N) is 1. The molecule has 0 spiro atoms. The molecule has 0 bridgehead atoms. The molecule has 0 unspecified atom stereocenters. The lowest BCUT2D eigenvalue weighted by atomic mass is 9.78. The van der Waals surface area contributed by atoms with Crippen molar-refractivity contribution in [3.63, 3.8) is 0 Å². The Balaban J connectivity index is 1.60. The minimum absolute atomic E-state index is 0.0279. The number of amides is 2. The van der Waals surface area contributed by atoms with Gasteiger partial charge in [-0.25, -0.2) is 4.39 Å². The number of benzene rings is 2. The molecule has 3 atom stereocenters. The van der Waals surface area contributed by atoms with Gasteiger partial charge in [0.05, 0.1) is 18.0 Å². The second kappa shape index (κ2) is 9.21. The number of nitrogens with zero attached hydrogens (tertiary/aromatic N) is 1. The highest BCUT2D eigenvalue weighted by molar-refractivity contribution is 8.00. The van der Waals surface area contributed by atoms with Crippen molar-refractivity contribution >= 4 is 40.9 Å². The lowest BCUT2D eigenvalue weighted by Crippen LogP contribution is -2.43. The van der Waals surface area contributed by atoms with Crippen LogP contribution in [0, 0.1) is 17.7 Å². The monoisotopic (exact) mass is 460 g/mol. The highest BCUT2D eigenvalue weighted by Crippen LogP contribution is 2.38. The second-order valence-electron chi connectivity index (χ2n) is 8.50. The van der Waals surface area contributed by atoms with Gasteiger partial charge in [-0.15, -0.1) is 11.8 Å². The zero-order valence-electron chi connectivity index (χ0n) is 17.7. The van der Waals surface area contributed by atoms with Gasteiger partial charge in [-0.1, -0.05) is 44.4 Å². The summed E-state index contributed by atoms with van der Waals surface area (Å²) in [5.74, 6) is 0.547. The normalized spacial score (nSPS) is 23.4. The molecule has 31 heavy (non-hydrogen) atoms. The molecule has 1 N–H and O–H groups in total. The van der Waals surface area contributed by atoms with Gasteiger partial charge in [0, 0.05) is 27.1 Å². The molecule has 4 nitrogen and oxygen atoms in total. The van der Waals surface area contributed by atoms with Crippen molar-refractivity contribution in [2.45, 2.75) is 50.6 Å². The van der Waals surface area contributed by atoms with Crippen LogP contribution < -0.4 is 10.2 Å². The molecule has 0 saturated heterocycles. The summed E-state index contributed by atoms with van der Waals surface area (Å²) in [7, 11) is 0. The predicted molar refractivity (Wildman–Crippen MR) is 123 cm³/mol. The fourth-order valence-corrected chi connectivity index (χ4v) is 5.53. The third-order valence-electron chi connectivity index (χ3n) is 6.57. The number of hydrogen-bond donors (Lipinski definition) is 1. The van der Waals surface area contributed by atoms with Crippen LogP contribution >= 0.6 is 23.4 Å². The molecular formula is C24H26ClFN2O2S. The van der Waals surface area contributed by atoms with Crippen LogP contribution in [0.15, 0.2) is 41.3 Å². The first-order chi connectivity index (χ1) is 14.8. The summed E-state index contributed by atoms with van der Waals surface area (Å²) in [4.78, 5) is 28.1. The van der Waals surface area contributed by atoms with Crippen molar-refractivity contribution in [1.29, 1.82) is 0 Å². The standard InChI is InChI=1S/C24H26ClFN2O2S/c1-14-5-3-8-20(15(14)2)27-24(30)16-9-10-22-21(11-16)28(23(29)13-31-22)12-17-18(25)6-4-7-19(17)26/h4,6-7,9-11,14-15,20H,3,5,8,12-13H2,1-2H3,(H,27,30)/t14-,15-,20-/m1/s1. The van der Waals surface area contributed by atoms with Gasteiger partial charge in [0.2, 0.25) is 5.91 Å². The largest absolute Gasteiger partial charge is 0.349 e. The van der Waals surface area contributed by atoms with Crippen LogP contribution in [0.5, 0.6) is 0 Å².